The number of benzene rings is 2. The molecular weight excluding hydrogens is 434 g/mol. The average Bonchev–Trinajstić information content (AvgIpc) is 3.06. The lowest BCUT2D eigenvalue weighted by Gasteiger charge is -2.28. The number of anilines is 1. The molecule has 1 amide bonds. The van der Waals surface area contributed by atoms with Crippen molar-refractivity contribution in [3.8, 4) is 0 Å². The molecule has 1 heterocycles. The largest absolute Gasteiger partial charge is 0.455 e. The summed E-state index contributed by atoms with van der Waals surface area (Å²) in [4.78, 5) is 27.0. The SMILES string of the molecule is O=C(CSc1ccccc1Cl)OCC(=O)N(c1ccccc1)C1CCS(=O)(=O)C1. The average molecular weight is 454 g/mol. The summed E-state index contributed by atoms with van der Waals surface area (Å²) < 4.78 is 28.9. The molecule has 29 heavy (non-hydrogen) atoms. The molecule has 2 aromatic carbocycles. The minimum Gasteiger partial charge on any atom is -0.455 e. The molecule has 154 valence electrons. The van der Waals surface area contributed by atoms with E-state index in [0.717, 1.165) is 4.90 Å². The van der Waals surface area contributed by atoms with Crippen molar-refractivity contribution in [1.29, 1.82) is 0 Å². The van der Waals surface area contributed by atoms with Gasteiger partial charge in [-0.1, -0.05) is 41.9 Å². The molecule has 0 aromatic heterocycles. The first-order valence-electron chi connectivity index (χ1n) is 8.96. The topological polar surface area (TPSA) is 80.8 Å². The van der Waals surface area contributed by atoms with Crippen molar-refractivity contribution >= 4 is 50.8 Å². The number of carbonyl (C=O) groups is 2. The van der Waals surface area contributed by atoms with Gasteiger partial charge < -0.3 is 9.64 Å². The van der Waals surface area contributed by atoms with Crippen LogP contribution in [-0.2, 0) is 24.2 Å². The summed E-state index contributed by atoms with van der Waals surface area (Å²) >= 11 is 7.28. The first-order valence-corrected chi connectivity index (χ1v) is 12.1. The minimum absolute atomic E-state index is 0.0140. The van der Waals surface area contributed by atoms with Gasteiger partial charge in [0.05, 0.1) is 28.3 Å². The fourth-order valence-electron chi connectivity index (χ4n) is 3.08. The van der Waals surface area contributed by atoms with E-state index in [0.29, 0.717) is 17.1 Å². The predicted molar refractivity (Wildman–Crippen MR) is 114 cm³/mol. The Bertz CT molecular complexity index is 981. The van der Waals surface area contributed by atoms with Gasteiger partial charge in [0, 0.05) is 10.6 Å². The number of ether oxygens (including phenoxy) is 1. The van der Waals surface area contributed by atoms with Gasteiger partial charge in [-0.3, -0.25) is 9.59 Å². The van der Waals surface area contributed by atoms with E-state index in [1.54, 1.807) is 42.5 Å². The highest BCUT2D eigenvalue weighted by Gasteiger charge is 2.35. The van der Waals surface area contributed by atoms with Gasteiger partial charge in [0.1, 0.15) is 0 Å². The number of amides is 1. The monoisotopic (exact) mass is 453 g/mol. The Hall–Kier alpha value is -2.03. The second-order valence-electron chi connectivity index (χ2n) is 6.54. The number of esters is 1. The molecule has 1 aliphatic heterocycles. The van der Waals surface area contributed by atoms with Crippen LogP contribution in [-0.4, -0.2) is 50.2 Å². The lowest BCUT2D eigenvalue weighted by atomic mass is 10.2. The molecule has 0 N–H and O–H groups in total. The van der Waals surface area contributed by atoms with Crippen molar-refractivity contribution in [2.45, 2.75) is 17.4 Å². The van der Waals surface area contributed by atoms with E-state index >= 15 is 0 Å². The summed E-state index contributed by atoms with van der Waals surface area (Å²) in [6.45, 7) is -0.451. The van der Waals surface area contributed by atoms with Gasteiger partial charge in [-0.2, -0.15) is 0 Å². The lowest BCUT2D eigenvalue weighted by Crippen LogP contribution is -2.43. The number of halogens is 1. The number of hydrogen-bond donors (Lipinski definition) is 0. The number of nitrogens with zero attached hydrogens (tertiary/aromatic N) is 1. The standard InChI is InChI=1S/C20H20ClNO5S2/c21-17-8-4-5-9-18(17)28-13-20(24)27-12-19(23)22(15-6-2-1-3-7-15)16-10-11-29(25,26)14-16/h1-9,16H,10-14H2. The van der Waals surface area contributed by atoms with Gasteiger partial charge in [0.25, 0.3) is 5.91 Å². The van der Waals surface area contributed by atoms with Crippen molar-refractivity contribution in [2.24, 2.45) is 0 Å². The molecule has 0 spiro atoms. The molecular formula is C20H20ClNO5S2. The van der Waals surface area contributed by atoms with Crippen molar-refractivity contribution in [3.63, 3.8) is 0 Å². The molecule has 0 saturated carbocycles. The minimum atomic E-state index is -3.17. The van der Waals surface area contributed by atoms with Crippen LogP contribution in [0.3, 0.4) is 0 Å². The highest BCUT2D eigenvalue weighted by Crippen LogP contribution is 2.27. The summed E-state index contributed by atoms with van der Waals surface area (Å²) in [5, 5.41) is 0.541. The van der Waals surface area contributed by atoms with Crippen LogP contribution in [0.4, 0.5) is 5.69 Å². The van der Waals surface area contributed by atoms with Crippen molar-refractivity contribution < 1.29 is 22.7 Å². The Morgan fingerprint density at radius 2 is 1.79 bits per heavy atom. The maximum absolute atomic E-state index is 12.8. The number of rotatable bonds is 7. The molecule has 0 radical (unpaired) electrons. The third-order valence-corrected chi connectivity index (χ3v) is 7.65. The number of carbonyl (C=O) groups excluding carboxylic acids is 2. The molecule has 0 bridgehead atoms. The second-order valence-corrected chi connectivity index (χ2v) is 10.2. The van der Waals surface area contributed by atoms with Crippen LogP contribution in [0.5, 0.6) is 0 Å². The van der Waals surface area contributed by atoms with Gasteiger partial charge in [0.15, 0.2) is 16.4 Å². The smallest absolute Gasteiger partial charge is 0.316 e. The number of thioether (sulfide) groups is 1. The summed E-state index contributed by atoms with van der Waals surface area (Å²) in [5.74, 6) is -1.03. The van der Waals surface area contributed by atoms with E-state index in [-0.39, 0.29) is 17.3 Å². The normalized spacial score (nSPS) is 17.6. The molecule has 9 heteroatoms. The lowest BCUT2D eigenvalue weighted by molar-refractivity contribution is -0.145. The summed E-state index contributed by atoms with van der Waals surface area (Å²) in [6, 6.07) is 15.5. The molecule has 3 rings (SSSR count). The molecule has 1 unspecified atom stereocenters. The van der Waals surface area contributed by atoms with Gasteiger partial charge in [-0.05, 0) is 30.7 Å². The van der Waals surface area contributed by atoms with Gasteiger partial charge in [-0.25, -0.2) is 8.42 Å². The molecule has 1 atom stereocenters. The van der Waals surface area contributed by atoms with Crippen LogP contribution in [0, 0.1) is 0 Å². The Kier molecular flexibility index (Phi) is 7.21. The van der Waals surface area contributed by atoms with Gasteiger partial charge in [0.2, 0.25) is 0 Å². The molecule has 6 nitrogen and oxygen atoms in total. The molecule has 2 aromatic rings. The third-order valence-electron chi connectivity index (χ3n) is 4.42. The Morgan fingerprint density at radius 3 is 2.45 bits per heavy atom. The highest BCUT2D eigenvalue weighted by atomic mass is 35.5. The van der Waals surface area contributed by atoms with E-state index in [9.17, 15) is 18.0 Å². The summed E-state index contributed by atoms with van der Waals surface area (Å²) in [7, 11) is -3.17. The van der Waals surface area contributed by atoms with Gasteiger partial charge >= 0.3 is 5.97 Å². The van der Waals surface area contributed by atoms with E-state index in [1.807, 2.05) is 12.1 Å². The third kappa shape index (κ3) is 5.98. The second kappa shape index (κ2) is 9.65. The molecule has 1 fully saturated rings. The molecule has 1 aliphatic rings. The number of para-hydroxylation sites is 1. The zero-order valence-corrected chi connectivity index (χ0v) is 17.9. The van der Waals surface area contributed by atoms with Crippen LogP contribution in [0.25, 0.3) is 0 Å². The summed E-state index contributed by atoms with van der Waals surface area (Å²) in [5.41, 5.74) is 0.584. The Balaban J connectivity index is 1.61. The zero-order valence-electron chi connectivity index (χ0n) is 15.5. The van der Waals surface area contributed by atoms with E-state index in [2.05, 4.69) is 0 Å². The van der Waals surface area contributed by atoms with E-state index < -0.39 is 34.4 Å². The summed E-state index contributed by atoms with van der Waals surface area (Å²) in [6.07, 6.45) is 0.360. The van der Waals surface area contributed by atoms with Crippen LogP contribution < -0.4 is 4.90 Å². The maximum atomic E-state index is 12.8. The van der Waals surface area contributed by atoms with Crippen molar-refractivity contribution in [2.75, 3.05) is 28.8 Å². The number of sulfone groups is 1. The fraction of sp³-hybridized carbons (Fsp3) is 0.300. The quantitative estimate of drug-likeness (QED) is 0.473. The van der Waals surface area contributed by atoms with E-state index in [4.69, 9.17) is 16.3 Å². The van der Waals surface area contributed by atoms with Gasteiger partial charge in [-0.15, -0.1) is 11.8 Å². The fourth-order valence-corrected chi connectivity index (χ4v) is 5.81. The number of hydrogen-bond acceptors (Lipinski definition) is 6. The Morgan fingerprint density at radius 1 is 1.10 bits per heavy atom. The van der Waals surface area contributed by atoms with Crippen LogP contribution in [0.15, 0.2) is 59.5 Å². The first-order chi connectivity index (χ1) is 13.9. The zero-order chi connectivity index (χ0) is 20.9. The Labute approximate surface area is 179 Å². The molecule has 1 saturated heterocycles. The van der Waals surface area contributed by atoms with Crippen molar-refractivity contribution in [1.82, 2.24) is 0 Å². The first kappa shape index (κ1) is 21.7. The van der Waals surface area contributed by atoms with E-state index in [1.165, 1.54) is 16.7 Å². The predicted octanol–water partition coefficient (Wildman–Crippen LogP) is 3.20. The van der Waals surface area contributed by atoms with Crippen molar-refractivity contribution in [3.05, 3.63) is 59.6 Å². The van der Waals surface area contributed by atoms with Crippen LogP contribution in [0.1, 0.15) is 6.42 Å². The molecule has 0 aliphatic carbocycles. The maximum Gasteiger partial charge on any atom is 0.316 e. The van der Waals surface area contributed by atoms with Crippen LogP contribution >= 0.6 is 23.4 Å². The highest BCUT2D eigenvalue weighted by molar-refractivity contribution is 8.00. The van der Waals surface area contributed by atoms with Crippen LogP contribution in [0.2, 0.25) is 5.02 Å².